The lowest BCUT2D eigenvalue weighted by Crippen LogP contribution is -2.50. The van der Waals surface area contributed by atoms with Gasteiger partial charge >= 0.3 is 6.03 Å². The average molecular weight is 346 g/mol. The monoisotopic (exact) mass is 346 g/mol. The van der Waals surface area contributed by atoms with Crippen LogP contribution in [0.15, 0.2) is 24.3 Å². The fourth-order valence-corrected chi connectivity index (χ4v) is 3.49. The molecular formula is C20H30N2O3. The van der Waals surface area contributed by atoms with Gasteiger partial charge in [-0.3, -0.25) is 0 Å². The summed E-state index contributed by atoms with van der Waals surface area (Å²) >= 11 is 0. The molecule has 1 saturated heterocycles. The second-order valence-corrected chi connectivity index (χ2v) is 7.54. The SMILES string of the molecule is COc1ccc(C[C@@H]2CN(C(=O)N(C)C)CC[C@@H]2OCC2CC2)cc1. The highest BCUT2D eigenvalue weighted by Gasteiger charge is 2.34. The van der Waals surface area contributed by atoms with Crippen LogP contribution in [0.25, 0.3) is 0 Å². The standard InChI is InChI=1S/C20H30N2O3/c1-21(2)20(23)22-11-10-19(25-14-16-4-5-16)17(13-22)12-15-6-8-18(24-3)9-7-15/h6-9,16-17,19H,4-5,10-14H2,1-3H3/t17-,19+/m1/s1. The third-order valence-corrected chi connectivity index (χ3v) is 5.22. The lowest BCUT2D eigenvalue weighted by molar-refractivity contribution is -0.0309. The lowest BCUT2D eigenvalue weighted by atomic mass is 9.88. The first kappa shape index (κ1) is 18.1. The van der Waals surface area contributed by atoms with Crippen LogP contribution in [0.4, 0.5) is 4.79 Å². The van der Waals surface area contributed by atoms with Gasteiger partial charge in [0, 0.05) is 39.7 Å². The van der Waals surface area contributed by atoms with Gasteiger partial charge < -0.3 is 19.3 Å². The second-order valence-electron chi connectivity index (χ2n) is 7.54. The zero-order valence-electron chi connectivity index (χ0n) is 15.6. The van der Waals surface area contributed by atoms with E-state index in [4.69, 9.17) is 9.47 Å². The molecule has 1 aliphatic heterocycles. The Morgan fingerprint density at radius 1 is 1.20 bits per heavy atom. The molecule has 0 unspecified atom stereocenters. The van der Waals surface area contributed by atoms with Crippen molar-refractivity contribution >= 4 is 6.03 Å². The quantitative estimate of drug-likeness (QED) is 0.795. The Bertz CT molecular complexity index is 569. The van der Waals surface area contributed by atoms with E-state index in [9.17, 15) is 4.79 Å². The molecule has 25 heavy (non-hydrogen) atoms. The van der Waals surface area contributed by atoms with Crippen molar-refractivity contribution in [3.63, 3.8) is 0 Å². The Labute approximate surface area is 150 Å². The molecule has 1 aromatic carbocycles. The van der Waals surface area contributed by atoms with E-state index in [0.29, 0.717) is 5.92 Å². The van der Waals surface area contributed by atoms with Gasteiger partial charge in [-0.25, -0.2) is 4.79 Å². The number of hydrogen-bond acceptors (Lipinski definition) is 3. The molecule has 138 valence electrons. The van der Waals surface area contributed by atoms with Crippen LogP contribution < -0.4 is 4.74 Å². The van der Waals surface area contributed by atoms with Crippen molar-refractivity contribution in [3.8, 4) is 5.75 Å². The lowest BCUT2D eigenvalue weighted by Gasteiger charge is -2.39. The predicted molar refractivity (Wildman–Crippen MR) is 97.9 cm³/mol. The third kappa shape index (κ3) is 4.88. The highest BCUT2D eigenvalue weighted by atomic mass is 16.5. The van der Waals surface area contributed by atoms with Gasteiger partial charge in [-0.2, -0.15) is 0 Å². The number of ether oxygens (including phenoxy) is 2. The summed E-state index contributed by atoms with van der Waals surface area (Å²) in [6.45, 7) is 2.43. The molecule has 0 radical (unpaired) electrons. The molecule has 2 fully saturated rings. The number of amides is 2. The highest BCUT2D eigenvalue weighted by Crippen LogP contribution is 2.32. The number of benzene rings is 1. The number of urea groups is 1. The molecule has 0 bridgehead atoms. The number of methoxy groups -OCH3 is 1. The van der Waals surface area contributed by atoms with Gasteiger partial charge in [0.15, 0.2) is 0 Å². The maximum Gasteiger partial charge on any atom is 0.319 e. The van der Waals surface area contributed by atoms with E-state index in [2.05, 4.69) is 12.1 Å². The fraction of sp³-hybridized carbons (Fsp3) is 0.650. The molecule has 2 atom stereocenters. The summed E-state index contributed by atoms with van der Waals surface area (Å²) in [4.78, 5) is 16.0. The first-order valence-corrected chi connectivity index (χ1v) is 9.27. The van der Waals surface area contributed by atoms with E-state index >= 15 is 0 Å². The average Bonchev–Trinajstić information content (AvgIpc) is 3.45. The summed E-state index contributed by atoms with van der Waals surface area (Å²) in [7, 11) is 5.32. The predicted octanol–water partition coefficient (Wildman–Crippen LogP) is 3.04. The van der Waals surface area contributed by atoms with Crippen molar-refractivity contribution in [2.75, 3.05) is 40.9 Å². The van der Waals surface area contributed by atoms with Gasteiger partial charge in [-0.1, -0.05) is 12.1 Å². The Balaban J connectivity index is 1.66. The zero-order chi connectivity index (χ0) is 17.8. The minimum absolute atomic E-state index is 0.0976. The summed E-state index contributed by atoms with van der Waals surface area (Å²) in [6.07, 6.45) is 4.71. The molecule has 1 aliphatic carbocycles. The van der Waals surface area contributed by atoms with Gasteiger partial charge in [-0.05, 0) is 49.3 Å². The number of piperidine rings is 1. The number of carbonyl (C=O) groups is 1. The molecule has 0 N–H and O–H groups in total. The molecule has 1 heterocycles. The van der Waals surface area contributed by atoms with Crippen LogP contribution in [0.5, 0.6) is 5.75 Å². The minimum Gasteiger partial charge on any atom is -0.497 e. The number of nitrogens with zero attached hydrogens (tertiary/aromatic N) is 2. The van der Waals surface area contributed by atoms with E-state index in [-0.39, 0.29) is 12.1 Å². The third-order valence-electron chi connectivity index (χ3n) is 5.22. The van der Waals surface area contributed by atoms with Crippen molar-refractivity contribution < 1.29 is 14.3 Å². The molecule has 2 aliphatic rings. The van der Waals surface area contributed by atoms with Gasteiger partial charge in [0.05, 0.1) is 13.2 Å². The van der Waals surface area contributed by atoms with E-state index < -0.39 is 0 Å². The highest BCUT2D eigenvalue weighted by molar-refractivity contribution is 5.73. The maximum atomic E-state index is 12.4. The van der Waals surface area contributed by atoms with Crippen LogP contribution in [-0.2, 0) is 11.2 Å². The molecule has 1 aromatic rings. The number of hydrogen-bond donors (Lipinski definition) is 0. The van der Waals surface area contributed by atoms with Gasteiger partial charge in [0.2, 0.25) is 0 Å². The van der Waals surface area contributed by atoms with Gasteiger partial charge in [0.1, 0.15) is 5.75 Å². The maximum absolute atomic E-state index is 12.4. The van der Waals surface area contributed by atoms with E-state index in [1.165, 1.54) is 18.4 Å². The molecule has 3 rings (SSSR count). The van der Waals surface area contributed by atoms with Crippen molar-refractivity contribution in [1.29, 1.82) is 0 Å². The summed E-state index contributed by atoms with van der Waals surface area (Å²) < 4.78 is 11.5. The molecule has 2 amide bonds. The first-order valence-electron chi connectivity index (χ1n) is 9.27. The number of carbonyl (C=O) groups excluding carboxylic acids is 1. The van der Waals surface area contributed by atoms with Crippen molar-refractivity contribution in [2.45, 2.75) is 31.8 Å². The fourth-order valence-electron chi connectivity index (χ4n) is 3.49. The van der Waals surface area contributed by atoms with Gasteiger partial charge in [0.25, 0.3) is 0 Å². The van der Waals surface area contributed by atoms with E-state index in [1.807, 2.05) is 31.1 Å². The summed E-state index contributed by atoms with van der Waals surface area (Å²) in [6, 6.07) is 8.33. The molecule has 5 heteroatoms. The van der Waals surface area contributed by atoms with Crippen molar-refractivity contribution in [3.05, 3.63) is 29.8 Å². The Morgan fingerprint density at radius 2 is 1.92 bits per heavy atom. The van der Waals surface area contributed by atoms with Crippen LogP contribution in [0, 0.1) is 11.8 Å². The molecule has 0 aromatic heterocycles. The summed E-state index contributed by atoms with van der Waals surface area (Å²) in [5, 5.41) is 0. The van der Waals surface area contributed by atoms with E-state index in [1.54, 1.807) is 12.0 Å². The van der Waals surface area contributed by atoms with Crippen LogP contribution >= 0.6 is 0 Å². The van der Waals surface area contributed by atoms with Crippen molar-refractivity contribution in [2.24, 2.45) is 11.8 Å². The summed E-state index contributed by atoms with van der Waals surface area (Å²) in [5.41, 5.74) is 1.27. The summed E-state index contributed by atoms with van der Waals surface area (Å²) in [5.74, 6) is 1.98. The Morgan fingerprint density at radius 3 is 2.52 bits per heavy atom. The normalized spacial score (nSPS) is 23.4. The smallest absolute Gasteiger partial charge is 0.319 e. The molecule has 0 spiro atoms. The number of rotatable bonds is 6. The van der Waals surface area contributed by atoms with Gasteiger partial charge in [-0.15, -0.1) is 0 Å². The van der Waals surface area contributed by atoms with Crippen LogP contribution in [-0.4, -0.2) is 62.8 Å². The minimum atomic E-state index is 0.0976. The van der Waals surface area contributed by atoms with Crippen LogP contribution in [0.1, 0.15) is 24.8 Å². The van der Waals surface area contributed by atoms with Crippen LogP contribution in [0.3, 0.4) is 0 Å². The Hall–Kier alpha value is -1.75. The van der Waals surface area contributed by atoms with Crippen LogP contribution in [0.2, 0.25) is 0 Å². The Kier molecular flexibility index (Phi) is 5.84. The molecule has 5 nitrogen and oxygen atoms in total. The number of likely N-dealkylation sites (tertiary alicyclic amines) is 1. The molecular weight excluding hydrogens is 316 g/mol. The van der Waals surface area contributed by atoms with E-state index in [0.717, 1.165) is 44.2 Å². The largest absolute Gasteiger partial charge is 0.497 e. The topological polar surface area (TPSA) is 42.0 Å². The zero-order valence-corrected chi connectivity index (χ0v) is 15.6. The van der Waals surface area contributed by atoms with Crippen molar-refractivity contribution in [1.82, 2.24) is 9.80 Å². The first-order chi connectivity index (χ1) is 12.1. The second kappa shape index (κ2) is 8.09. The molecule has 1 saturated carbocycles.